The number of hydrogen-bond donors (Lipinski definition) is 3. The molecular weight excluding hydrogens is 633 g/mol. The van der Waals surface area contributed by atoms with E-state index < -0.39 is 11.8 Å². The van der Waals surface area contributed by atoms with Crippen molar-refractivity contribution in [2.45, 2.75) is 30.4 Å². The Morgan fingerprint density at radius 3 is 2.31 bits per heavy atom. The third-order valence-corrected chi connectivity index (χ3v) is 8.97. The summed E-state index contributed by atoms with van der Waals surface area (Å²) in [5.74, 6) is -0.483. The van der Waals surface area contributed by atoms with Gasteiger partial charge in [0.1, 0.15) is 11.2 Å². The van der Waals surface area contributed by atoms with Crippen LogP contribution in [0.4, 0.5) is 11.4 Å². The number of carbonyl (C=O) groups excluding carboxylic acids is 3. The van der Waals surface area contributed by atoms with Crippen molar-refractivity contribution >= 4 is 58.0 Å². The minimum Gasteiger partial charge on any atom is -0.436 e. The van der Waals surface area contributed by atoms with Crippen molar-refractivity contribution in [2.75, 3.05) is 10.6 Å². The van der Waals surface area contributed by atoms with E-state index in [0.717, 1.165) is 32.7 Å². The van der Waals surface area contributed by atoms with Crippen LogP contribution in [0.1, 0.15) is 34.8 Å². The first-order valence-corrected chi connectivity index (χ1v) is 16.7. The van der Waals surface area contributed by atoms with Crippen molar-refractivity contribution in [3.8, 4) is 11.5 Å². The lowest BCUT2D eigenvalue weighted by molar-refractivity contribution is -0.116. The topological polar surface area (TPSA) is 113 Å². The SMILES string of the molecule is CCC(Sc1cccc(NC(=O)/C(=C\c2cccc(C)c2)NC(=O)c2ccccc2)c1)C(=O)Nc1ccc(-c2nc3ccccc3o2)cc1. The molecule has 0 aliphatic heterocycles. The van der Waals surface area contributed by atoms with Crippen molar-refractivity contribution in [3.63, 3.8) is 0 Å². The number of thioether (sulfide) groups is 1. The zero-order valence-electron chi connectivity index (χ0n) is 27.0. The number of para-hydroxylation sites is 2. The number of oxazole rings is 1. The lowest BCUT2D eigenvalue weighted by atomic mass is 10.1. The zero-order valence-corrected chi connectivity index (χ0v) is 27.8. The highest BCUT2D eigenvalue weighted by Gasteiger charge is 2.20. The first-order valence-electron chi connectivity index (χ1n) is 15.8. The van der Waals surface area contributed by atoms with Crippen LogP contribution < -0.4 is 16.0 Å². The first kappa shape index (κ1) is 33.0. The molecule has 5 aromatic carbocycles. The molecular formula is C40H34N4O4S. The van der Waals surface area contributed by atoms with Crippen LogP contribution in [-0.4, -0.2) is 28.0 Å². The van der Waals surface area contributed by atoms with Gasteiger partial charge in [-0.3, -0.25) is 14.4 Å². The van der Waals surface area contributed by atoms with Gasteiger partial charge in [-0.15, -0.1) is 11.8 Å². The fourth-order valence-electron chi connectivity index (χ4n) is 5.12. The molecule has 0 radical (unpaired) electrons. The van der Waals surface area contributed by atoms with Crippen LogP contribution in [0, 0.1) is 6.92 Å². The standard InChI is InChI=1S/C40H34N4O4S/c1-3-36(39(47)41-30-21-19-29(20-22-30)40-44-33-17-7-8-18-35(33)48-40)49-32-16-10-15-31(25-32)42-38(46)34(24-27-12-9-11-26(2)23-27)43-37(45)28-13-5-4-6-14-28/h4-25,36H,3H2,1-2H3,(H,41,47)(H,42,46)(H,43,45)/b34-24+. The minimum absolute atomic E-state index is 0.102. The van der Waals surface area contributed by atoms with E-state index in [9.17, 15) is 14.4 Å². The molecule has 244 valence electrons. The summed E-state index contributed by atoms with van der Waals surface area (Å²) in [6.07, 6.45) is 2.24. The molecule has 3 amide bonds. The largest absolute Gasteiger partial charge is 0.436 e. The Morgan fingerprint density at radius 2 is 1.55 bits per heavy atom. The maximum atomic E-state index is 13.6. The van der Waals surface area contributed by atoms with Gasteiger partial charge in [-0.1, -0.05) is 73.2 Å². The quantitative estimate of drug-likeness (QED) is 0.0942. The lowest BCUT2D eigenvalue weighted by Crippen LogP contribution is -2.30. The number of fused-ring (bicyclic) bond motifs is 1. The van der Waals surface area contributed by atoms with E-state index in [4.69, 9.17) is 4.42 Å². The van der Waals surface area contributed by atoms with Crippen LogP contribution in [0.5, 0.6) is 0 Å². The molecule has 0 saturated carbocycles. The molecule has 0 aliphatic carbocycles. The average Bonchev–Trinajstić information content (AvgIpc) is 3.56. The maximum Gasteiger partial charge on any atom is 0.272 e. The summed E-state index contributed by atoms with van der Waals surface area (Å²) in [5.41, 5.74) is 5.85. The predicted octanol–water partition coefficient (Wildman–Crippen LogP) is 8.72. The molecule has 0 spiro atoms. The van der Waals surface area contributed by atoms with Crippen LogP contribution in [-0.2, 0) is 9.59 Å². The van der Waals surface area contributed by atoms with Crippen LogP contribution >= 0.6 is 11.8 Å². The Hall–Kier alpha value is -5.93. The van der Waals surface area contributed by atoms with Crippen molar-refractivity contribution in [2.24, 2.45) is 0 Å². The maximum absolute atomic E-state index is 13.6. The van der Waals surface area contributed by atoms with E-state index in [0.29, 0.717) is 29.2 Å². The van der Waals surface area contributed by atoms with Crippen LogP contribution in [0.15, 0.2) is 142 Å². The normalized spacial score (nSPS) is 11.9. The van der Waals surface area contributed by atoms with Crippen molar-refractivity contribution < 1.29 is 18.8 Å². The Bertz CT molecular complexity index is 2110. The van der Waals surface area contributed by atoms with E-state index in [1.165, 1.54) is 11.8 Å². The van der Waals surface area contributed by atoms with Gasteiger partial charge in [-0.25, -0.2) is 4.98 Å². The van der Waals surface area contributed by atoms with E-state index in [1.807, 2.05) is 111 Å². The summed E-state index contributed by atoms with van der Waals surface area (Å²) in [5, 5.41) is 8.32. The van der Waals surface area contributed by atoms with Crippen molar-refractivity contribution in [1.29, 1.82) is 0 Å². The molecule has 0 bridgehead atoms. The van der Waals surface area contributed by atoms with Gasteiger partial charge < -0.3 is 20.4 Å². The van der Waals surface area contributed by atoms with Gasteiger partial charge in [0.25, 0.3) is 11.8 Å². The van der Waals surface area contributed by atoms with Crippen LogP contribution in [0.2, 0.25) is 0 Å². The number of aromatic nitrogens is 1. The number of aryl methyl sites for hydroxylation is 1. The van der Waals surface area contributed by atoms with E-state index in [2.05, 4.69) is 20.9 Å². The zero-order chi connectivity index (χ0) is 34.2. The van der Waals surface area contributed by atoms with Gasteiger partial charge in [0, 0.05) is 27.4 Å². The van der Waals surface area contributed by atoms with Gasteiger partial charge in [-0.2, -0.15) is 0 Å². The summed E-state index contributed by atoms with van der Waals surface area (Å²) < 4.78 is 5.86. The summed E-state index contributed by atoms with van der Waals surface area (Å²) in [6, 6.07) is 38.7. The highest BCUT2D eigenvalue weighted by atomic mass is 32.2. The lowest BCUT2D eigenvalue weighted by Gasteiger charge is -2.16. The monoisotopic (exact) mass is 666 g/mol. The van der Waals surface area contributed by atoms with E-state index in [1.54, 1.807) is 36.4 Å². The second-order valence-corrected chi connectivity index (χ2v) is 12.6. The Labute approximate surface area is 288 Å². The predicted molar refractivity (Wildman–Crippen MR) is 196 cm³/mol. The molecule has 1 atom stereocenters. The van der Waals surface area contributed by atoms with E-state index in [-0.39, 0.29) is 16.9 Å². The number of carbonyl (C=O) groups is 3. The molecule has 1 aromatic heterocycles. The van der Waals surface area contributed by atoms with Gasteiger partial charge in [0.05, 0.1) is 5.25 Å². The van der Waals surface area contributed by atoms with E-state index >= 15 is 0 Å². The molecule has 3 N–H and O–H groups in total. The van der Waals surface area contributed by atoms with Crippen LogP contribution in [0.3, 0.4) is 0 Å². The Balaban J connectivity index is 1.12. The molecule has 9 heteroatoms. The third kappa shape index (κ3) is 8.51. The Kier molecular flexibility index (Phi) is 10.3. The van der Waals surface area contributed by atoms with Crippen LogP contribution in [0.25, 0.3) is 28.6 Å². The fraction of sp³-hybridized carbons (Fsp3) is 0.100. The third-order valence-electron chi connectivity index (χ3n) is 7.61. The summed E-state index contributed by atoms with van der Waals surface area (Å²) in [4.78, 5) is 45.2. The molecule has 0 saturated heterocycles. The highest BCUT2D eigenvalue weighted by Crippen LogP contribution is 2.30. The number of amides is 3. The van der Waals surface area contributed by atoms with Gasteiger partial charge >= 0.3 is 0 Å². The summed E-state index contributed by atoms with van der Waals surface area (Å²) >= 11 is 1.41. The molecule has 8 nitrogen and oxygen atoms in total. The smallest absolute Gasteiger partial charge is 0.272 e. The number of anilines is 2. The van der Waals surface area contributed by atoms with Crippen molar-refractivity contribution in [1.82, 2.24) is 10.3 Å². The number of hydrogen-bond acceptors (Lipinski definition) is 6. The average molecular weight is 667 g/mol. The second kappa shape index (κ2) is 15.3. The number of nitrogens with one attached hydrogen (secondary N) is 3. The van der Waals surface area contributed by atoms with Gasteiger partial charge in [-0.05, 0) is 91.7 Å². The Morgan fingerprint density at radius 1 is 0.796 bits per heavy atom. The first-order chi connectivity index (χ1) is 23.8. The molecule has 1 unspecified atom stereocenters. The van der Waals surface area contributed by atoms with Gasteiger partial charge in [0.2, 0.25) is 11.8 Å². The summed E-state index contributed by atoms with van der Waals surface area (Å²) in [6.45, 7) is 3.92. The molecule has 49 heavy (non-hydrogen) atoms. The number of rotatable bonds is 11. The second-order valence-electron chi connectivity index (χ2n) is 11.3. The molecule has 6 rings (SSSR count). The molecule has 1 heterocycles. The summed E-state index contributed by atoms with van der Waals surface area (Å²) in [7, 11) is 0. The molecule has 0 aliphatic rings. The van der Waals surface area contributed by atoms with Crippen molar-refractivity contribution in [3.05, 3.63) is 150 Å². The minimum atomic E-state index is -0.473. The molecule has 0 fully saturated rings. The fourth-order valence-corrected chi connectivity index (χ4v) is 6.13. The molecule has 6 aromatic rings. The number of benzene rings is 5. The highest BCUT2D eigenvalue weighted by molar-refractivity contribution is 8.00. The van der Waals surface area contributed by atoms with Gasteiger partial charge in [0.15, 0.2) is 5.58 Å². The number of nitrogens with zero attached hydrogens (tertiary/aromatic N) is 1.